The third kappa shape index (κ3) is 4.85. The second-order valence-electron chi connectivity index (χ2n) is 18.4. The van der Waals surface area contributed by atoms with Crippen LogP contribution in [0.25, 0.3) is 111 Å². The summed E-state index contributed by atoms with van der Waals surface area (Å²) < 4.78 is 14.1. The Bertz CT molecular complexity index is 3440. The SMILES string of the molecule is C[Si]1(C)c2cc(-c3cccc(-c4ccccc4)c3)c3c(oc4ccccc43)c2-c2ccc3c(c21)[Si](C)(C)c1cc(-c2cccc(-c4ccccc4)c2)c2c(oc4ccccc42)c1-3. The average molecular weight is 827 g/mol. The lowest BCUT2D eigenvalue weighted by Gasteiger charge is -2.28. The van der Waals surface area contributed by atoms with Crippen molar-refractivity contribution in [2.45, 2.75) is 26.2 Å². The highest BCUT2D eigenvalue weighted by Gasteiger charge is 2.50. The Labute approximate surface area is 362 Å². The maximum Gasteiger partial charge on any atom is 0.143 e. The van der Waals surface area contributed by atoms with Crippen LogP contribution < -0.4 is 20.7 Å². The fourth-order valence-electron chi connectivity index (χ4n) is 11.4. The molecule has 0 spiro atoms. The molecule has 0 saturated heterocycles. The number of para-hydroxylation sites is 2. The average Bonchev–Trinajstić information content (AvgIpc) is 4.02. The van der Waals surface area contributed by atoms with Gasteiger partial charge in [-0.15, -0.1) is 0 Å². The van der Waals surface area contributed by atoms with Gasteiger partial charge in [-0.3, -0.25) is 0 Å². The first kappa shape index (κ1) is 35.7. The van der Waals surface area contributed by atoms with Crippen molar-refractivity contribution < 1.29 is 8.83 Å². The van der Waals surface area contributed by atoms with Gasteiger partial charge >= 0.3 is 0 Å². The molecule has 2 aliphatic heterocycles. The van der Waals surface area contributed by atoms with E-state index >= 15 is 0 Å². The Hall–Kier alpha value is -6.99. The van der Waals surface area contributed by atoms with Crippen molar-refractivity contribution in [3.8, 4) is 66.8 Å². The van der Waals surface area contributed by atoms with Gasteiger partial charge in [0, 0.05) is 32.7 Å². The summed E-state index contributed by atoms with van der Waals surface area (Å²) in [7, 11) is -4.70. The number of furan rings is 2. The summed E-state index contributed by atoms with van der Waals surface area (Å²) >= 11 is 0. The standard InChI is InChI=1S/C58H42O2Si2/c1-61(2)49-33-45(39-23-15-21-37(31-39)35-17-7-5-8-18-35)51-41-25-11-13-27-47(41)59-55(51)53(49)43-29-30-44-54-50(62(3,4)58(44)57(43)61)34-46(52-42-26-12-14-28-48(42)60-56(52)54)40-24-16-22-38(32-40)36-19-9-6-10-20-36/h5-34H,1-4H3. The Balaban J connectivity index is 1.07. The van der Waals surface area contributed by atoms with Gasteiger partial charge in [0.2, 0.25) is 0 Å². The second kappa shape index (κ2) is 12.8. The molecule has 9 aromatic carbocycles. The molecule has 0 bridgehead atoms. The van der Waals surface area contributed by atoms with Crippen LogP contribution in [0.4, 0.5) is 0 Å². The smallest absolute Gasteiger partial charge is 0.143 e. The van der Waals surface area contributed by atoms with E-state index in [1.165, 1.54) is 87.9 Å². The minimum atomic E-state index is -2.35. The molecule has 2 nitrogen and oxygen atoms in total. The van der Waals surface area contributed by atoms with Gasteiger partial charge in [-0.2, -0.15) is 0 Å². The molecule has 0 fully saturated rings. The first-order valence-electron chi connectivity index (χ1n) is 21.8. The predicted octanol–water partition coefficient (Wildman–Crippen LogP) is 13.8. The van der Waals surface area contributed by atoms with Crippen molar-refractivity contribution in [1.29, 1.82) is 0 Å². The zero-order valence-corrected chi connectivity index (χ0v) is 37.1. The lowest BCUT2D eigenvalue weighted by Crippen LogP contribution is -2.63. The molecule has 13 rings (SSSR count). The molecule has 0 aliphatic carbocycles. The van der Waals surface area contributed by atoms with Gasteiger partial charge < -0.3 is 8.83 Å². The lowest BCUT2D eigenvalue weighted by molar-refractivity contribution is 0.670. The van der Waals surface area contributed by atoms with E-state index in [4.69, 9.17) is 8.83 Å². The predicted molar refractivity (Wildman–Crippen MR) is 267 cm³/mol. The molecule has 2 aromatic heterocycles. The Morgan fingerprint density at radius 3 is 1.13 bits per heavy atom. The molecule has 294 valence electrons. The third-order valence-electron chi connectivity index (χ3n) is 14.2. The van der Waals surface area contributed by atoms with Crippen LogP contribution in [-0.4, -0.2) is 16.1 Å². The molecular formula is C58H42O2Si2. The number of benzene rings is 9. The fourth-order valence-corrected chi connectivity index (χ4v) is 19.8. The highest BCUT2D eigenvalue weighted by atomic mass is 28.3. The first-order valence-corrected chi connectivity index (χ1v) is 27.8. The van der Waals surface area contributed by atoms with Gasteiger partial charge in [0.15, 0.2) is 0 Å². The molecular weight excluding hydrogens is 785 g/mol. The third-order valence-corrected chi connectivity index (χ3v) is 21.5. The minimum Gasteiger partial charge on any atom is -0.455 e. The normalized spacial score (nSPS) is 14.4. The van der Waals surface area contributed by atoms with Crippen molar-refractivity contribution in [3.05, 3.63) is 182 Å². The van der Waals surface area contributed by atoms with Gasteiger partial charge in [0.05, 0.1) is 0 Å². The van der Waals surface area contributed by atoms with Crippen molar-refractivity contribution in [1.82, 2.24) is 0 Å². The van der Waals surface area contributed by atoms with Crippen molar-refractivity contribution in [2.24, 2.45) is 0 Å². The first-order chi connectivity index (χ1) is 30.3. The molecule has 0 saturated carbocycles. The van der Waals surface area contributed by atoms with Crippen LogP contribution in [0.1, 0.15) is 0 Å². The summed E-state index contributed by atoms with van der Waals surface area (Å²) in [5.41, 5.74) is 19.0. The molecule has 0 amide bonds. The summed E-state index contributed by atoms with van der Waals surface area (Å²) in [6.07, 6.45) is 0. The fraction of sp³-hybridized carbons (Fsp3) is 0.0690. The van der Waals surface area contributed by atoms with Gasteiger partial charge in [-0.25, -0.2) is 0 Å². The number of hydrogen-bond donors (Lipinski definition) is 0. The Morgan fingerprint density at radius 2 is 0.694 bits per heavy atom. The van der Waals surface area contributed by atoms with Crippen LogP contribution in [0.15, 0.2) is 191 Å². The van der Waals surface area contributed by atoms with Crippen LogP contribution in [0.5, 0.6) is 0 Å². The van der Waals surface area contributed by atoms with Crippen molar-refractivity contribution in [2.75, 3.05) is 0 Å². The molecule has 0 unspecified atom stereocenters. The molecule has 62 heavy (non-hydrogen) atoms. The van der Waals surface area contributed by atoms with Gasteiger partial charge in [-0.05, 0) is 101 Å². The second-order valence-corrected chi connectivity index (χ2v) is 26.9. The van der Waals surface area contributed by atoms with Gasteiger partial charge in [-0.1, -0.05) is 184 Å². The minimum absolute atomic E-state index is 0.934. The van der Waals surface area contributed by atoms with E-state index in [0.717, 1.165) is 33.1 Å². The number of fused-ring (bicyclic) bond motifs is 15. The zero-order valence-electron chi connectivity index (χ0n) is 35.1. The maximum absolute atomic E-state index is 7.07. The highest BCUT2D eigenvalue weighted by Crippen LogP contribution is 2.48. The van der Waals surface area contributed by atoms with Gasteiger partial charge in [0.1, 0.15) is 38.5 Å². The summed E-state index contributed by atoms with van der Waals surface area (Å²) in [4.78, 5) is 0. The molecule has 0 atom stereocenters. The van der Waals surface area contributed by atoms with Crippen LogP contribution in [0, 0.1) is 0 Å². The quantitative estimate of drug-likeness (QED) is 0.165. The summed E-state index contributed by atoms with van der Waals surface area (Å²) in [6.45, 7) is 10.3. The van der Waals surface area contributed by atoms with E-state index in [-0.39, 0.29) is 0 Å². The maximum atomic E-state index is 7.07. The molecule has 4 heterocycles. The van der Waals surface area contributed by atoms with Crippen molar-refractivity contribution in [3.63, 3.8) is 0 Å². The highest BCUT2D eigenvalue weighted by molar-refractivity contribution is 7.13. The van der Waals surface area contributed by atoms with E-state index < -0.39 is 16.1 Å². The van der Waals surface area contributed by atoms with Crippen molar-refractivity contribution >= 4 is 80.8 Å². The van der Waals surface area contributed by atoms with Crippen LogP contribution in [0.3, 0.4) is 0 Å². The number of hydrogen-bond acceptors (Lipinski definition) is 2. The molecule has 11 aromatic rings. The van der Waals surface area contributed by atoms with Crippen LogP contribution >= 0.6 is 0 Å². The summed E-state index contributed by atoms with van der Waals surface area (Å²) in [6, 6.07) is 66.8. The lowest BCUT2D eigenvalue weighted by atomic mass is 9.91. The Kier molecular flexibility index (Phi) is 7.36. The van der Waals surface area contributed by atoms with E-state index in [0.29, 0.717) is 0 Å². The molecule has 2 aliphatic rings. The topological polar surface area (TPSA) is 26.3 Å². The molecule has 0 N–H and O–H groups in total. The molecule has 0 radical (unpaired) electrons. The monoisotopic (exact) mass is 826 g/mol. The zero-order chi connectivity index (χ0) is 41.5. The Morgan fingerprint density at radius 1 is 0.323 bits per heavy atom. The van der Waals surface area contributed by atoms with E-state index in [9.17, 15) is 0 Å². The summed E-state index contributed by atoms with van der Waals surface area (Å²) in [5, 5.41) is 10.8. The van der Waals surface area contributed by atoms with Crippen LogP contribution in [-0.2, 0) is 0 Å². The van der Waals surface area contributed by atoms with E-state index in [1.54, 1.807) is 10.4 Å². The van der Waals surface area contributed by atoms with E-state index in [2.05, 4.69) is 208 Å². The largest absolute Gasteiger partial charge is 0.455 e. The van der Waals surface area contributed by atoms with Gasteiger partial charge in [0.25, 0.3) is 0 Å². The summed E-state index contributed by atoms with van der Waals surface area (Å²) in [5.74, 6) is 0. The van der Waals surface area contributed by atoms with E-state index in [1.807, 2.05) is 0 Å². The van der Waals surface area contributed by atoms with Crippen LogP contribution in [0.2, 0.25) is 26.2 Å². The molecule has 4 heteroatoms. The number of rotatable bonds is 4.